The molecule has 0 N–H and O–H groups in total. The SMILES string of the molecule is CCC1C[C@@H](OCc2c(-c3ccccc3OC(F)(F)F)noc2C2CC2)CCN1c1ccc2c(C(=O)OC)nsc2c1. The van der Waals surface area contributed by atoms with Crippen LogP contribution in [0, 0.1) is 0 Å². The van der Waals surface area contributed by atoms with Gasteiger partial charge in [-0.2, -0.15) is 4.37 Å². The van der Waals surface area contributed by atoms with Crippen LogP contribution in [0.1, 0.15) is 66.8 Å². The van der Waals surface area contributed by atoms with Crippen LogP contribution in [0.25, 0.3) is 21.3 Å². The Morgan fingerprint density at radius 2 is 1.98 bits per heavy atom. The normalized spacial score (nSPS) is 19.3. The molecule has 0 bridgehead atoms. The molecule has 3 heterocycles. The maximum absolute atomic E-state index is 13.1. The molecule has 1 saturated carbocycles. The molecule has 42 heavy (non-hydrogen) atoms. The molecular weight excluding hydrogens is 571 g/mol. The van der Waals surface area contributed by atoms with E-state index in [0.717, 1.165) is 54.4 Å². The van der Waals surface area contributed by atoms with Gasteiger partial charge in [-0.3, -0.25) is 0 Å². The van der Waals surface area contributed by atoms with Crippen LogP contribution in [-0.4, -0.2) is 47.7 Å². The number of hydrogen-bond donors (Lipinski definition) is 0. The molecule has 2 fully saturated rings. The highest BCUT2D eigenvalue weighted by Gasteiger charge is 2.36. The van der Waals surface area contributed by atoms with Crippen molar-refractivity contribution < 1.29 is 36.7 Å². The van der Waals surface area contributed by atoms with Gasteiger partial charge in [0, 0.05) is 40.7 Å². The monoisotopic (exact) mass is 601 g/mol. The van der Waals surface area contributed by atoms with Gasteiger partial charge in [0.05, 0.1) is 24.5 Å². The lowest BCUT2D eigenvalue weighted by Gasteiger charge is -2.40. The number of nitrogens with zero attached hydrogens (tertiary/aromatic N) is 3. The van der Waals surface area contributed by atoms with Gasteiger partial charge in [-0.25, -0.2) is 4.79 Å². The molecule has 0 amide bonds. The van der Waals surface area contributed by atoms with Gasteiger partial charge in [0.15, 0.2) is 5.69 Å². The number of ether oxygens (including phenoxy) is 3. The fraction of sp³-hybridized carbons (Fsp3) is 0.433. The number of halogens is 3. The summed E-state index contributed by atoms with van der Waals surface area (Å²) in [7, 11) is 1.35. The summed E-state index contributed by atoms with van der Waals surface area (Å²) in [4.78, 5) is 14.4. The van der Waals surface area contributed by atoms with E-state index in [1.165, 1.54) is 30.8 Å². The van der Waals surface area contributed by atoms with Crippen molar-refractivity contribution in [1.29, 1.82) is 0 Å². The summed E-state index contributed by atoms with van der Waals surface area (Å²) in [5.74, 6) is 0.112. The third kappa shape index (κ3) is 5.82. The third-order valence-corrected chi connectivity index (χ3v) is 8.71. The van der Waals surface area contributed by atoms with Gasteiger partial charge in [0.25, 0.3) is 0 Å². The van der Waals surface area contributed by atoms with Crippen molar-refractivity contribution in [2.24, 2.45) is 0 Å². The number of anilines is 1. The van der Waals surface area contributed by atoms with Gasteiger partial charge >= 0.3 is 12.3 Å². The number of hydrogen-bond acceptors (Lipinski definition) is 9. The lowest BCUT2D eigenvalue weighted by molar-refractivity contribution is -0.274. The number of para-hydroxylation sites is 1. The Balaban J connectivity index is 1.18. The number of rotatable bonds is 9. The standard InChI is InChI=1S/C30H30F3N3O5S/c1-3-18-14-20(12-13-36(18)19-10-11-22-25(15-19)42-35-27(22)29(37)38-2)39-16-23-26(34-41-28(23)17-8-9-17)21-6-4-5-7-24(21)40-30(31,32)33/h4-7,10-11,15,17-18,20H,3,8-9,12-14,16H2,1-2H3/t18?,20-/m0/s1. The Morgan fingerprint density at radius 1 is 1.17 bits per heavy atom. The maximum Gasteiger partial charge on any atom is 0.573 e. The van der Waals surface area contributed by atoms with Gasteiger partial charge in [-0.15, -0.1) is 13.2 Å². The van der Waals surface area contributed by atoms with Crippen LogP contribution in [0.2, 0.25) is 0 Å². The summed E-state index contributed by atoms with van der Waals surface area (Å²) < 4.78 is 65.8. The highest BCUT2D eigenvalue weighted by molar-refractivity contribution is 7.13. The minimum absolute atomic E-state index is 0.0410. The highest BCUT2D eigenvalue weighted by Crippen LogP contribution is 2.46. The van der Waals surface area contributed by atoms with E-state index >= 15 is 0 Å². The average Bonchev–Trinajstić information content (AvgIpc) is 3.60. The van der Waals surface area contributed by atoms with Crippen molar-refractivity contribution in [1.82, 2.24) is 9.53 Å². The zero-order chi connectivity index (χ0) is 29.4. The number of piperidine rings is 1. The second kappa shape index (κ2) is 11.6. The largest absolute Gasteiger partial charge is 0.573 e. The third-order valence-electron chi connectivity index (χ3n) is 7.90. The van der Waals surface area contributed by atoms with Crippen molar-refractivity contribution in [2.45, 2.75) is 70.1 Å². The van der Waals surface area contributed by atoms with E-state index in [9.17, 15) is 18.0 Å². The van der Waals surface area contributed by atoms with Gasteiger partial charge < -0.3 is 23.6 Å². The number of esters is 1. The number of carbonyl (C=O) groups excluding carboxylic acids is 1. The van der Waals surface area contributed by atoms with E-state index in [2.05, 4.69) is 32.2 Å². The second-order valence-corrected chi connectivity index (χ2v) is 11.4. The summed E-state index contributed by atoms with van der Waals surface area (Å²) in [6, 6.07) is 12.2. The van der Waals surface area contributed by atoms with Crippen molar-refractivity contribution in [2.75, 3.05) is 18.6 Å². The van der Waals surface area contributed by atoms with Gasteiger partial charge in [0.1, 0.15) is 17.2 Å². The molecular formula is C30H30F3N3O5S. The van der Waals surface area contributed by atoms with Gasteiger partial charge in [-0.05, 0) is 74.0 Å². The van der Waals surface area contributed by atoms with Crippen LogP contribution >= 0.6 is 11.5 Å². The number of alkyl halides is 3. The van der Waals surface area contributed by atoms with E-state index < -0.39 is 12.3 Å². The smallest absolute Gasteiger partial charge is 0.464 e. The maximum atomic E-state index is 13.1. The summed E-state index contributed by atoms with van der Waals surface area (Å²) in [6.45, 7) is 3.10. The molecule has 2 aliphatic rings. The minimum atomic E-state index is -4.83. The predicted molar refractivity (Wildman–Crippen MR) is 151 cm³/mol. The number of benzene rings is 2. The average molecular weight is 602 g/mol. The first-order chi connectivity index (χ1) is 20.3. The van der Waals surface area contributed by atoms with Gasteiger partial charge in [-0.1, -0.05) is 24.2 Å². The van der Waals surface area contributed by atoms with Crippen LogP contribution in [0.4, 0.5) is 18.9 Å². The van der Waals surface area contributed by atoms with Crippen LogP contribution in [0.5, 0.6) is 5.75 Å². The Labute approximate surface area is 244 Å². The summed E-state index contributed by atoms with van der Waals surface area (Å²) in [6.07, 6.45) is -0.501. The molecule has 8 nitrogen and oxygen atoms in total. The zero-order valence-corrected chi connectivity index (χ0v) is 24.0. The zero-order valence-electron chi connectivity index (χ0n) is 23.1. The van der Waals surface area contributed by atoms with E-state index in [-0.39, 0.29) is 36.0 Å². The van der Waals surface area contributed by atoms with Gasteiger partial charge in [0.2, 0.25) is 0 Å². The van der Waals surface area contributed by atoms with Crippen molar-refractivity contribution >= 4 is 33.3 Å². The van der Waals surface area contributed by atoms with Crippen molar-refractivity contribution in [3.8, 4) is 17.0 Å². The van der Waals surface area contributed by atoms with Crippen molar-refractivity contribution in [3.05, 3.63) is 59.5 Å². The number of fused-ring (bicyclic) bond motifs is 1. The molecule has 4 aromatic rings. The number of methoxy groups -OCH3 is 1. The lowest BCUT2D eigenvalue weighted by atomic mass is 9.96. The number of carbonyl (C=O) groups is 1. The van der Waals surface area contributed by atoms with Crippen LogP contribution in [0.3, 0.4) is 0 Å². The molecule has 1 unspecified atom stereocenters. The summed E-state index contributed by atoms with van der Waals surface area (Å²) in [5, 5.41) is 4.96. The minimum Gasteiger partial charge on any atom is -0.464 e. The molecule has 1 aliphatic carbocycles. The number of aromatic nitrogens is 2. The summed E-state index contributed by atoms with van der Waals surface area (Å²) in [5.41, 5.74) is 2.62. The lowest BCUT2D eigenvalue weighted by Crippen LogP contribution is -2.44. The van der Waals surface area contributed by atoms with Crippen molar-refractivity contribution in [3.63, 3.8) is 0 Å². The first-order valence-electron chi connectivity index (χ1n) is 13.9. The quantitative estimate of drug-likeness (QED) is 0.183. The second-order valence-electron chi connectivity index (χ2n) is 10.6. The molecule has 1 aliphatic heterocycles. The van der Waals surface area contributed by atoms with Crippen LogP contribution in [-0.2, 0) is 16.1 Å². The molecule has 0 spiro atoms. The fourth-order valence-electron chi connectivity index (χ4n) is 5.66. The topological polar surface area (TPSA) is 86.9 Å². The van der Waals surface area contributed by atoms with Crippen LogP contribution in [0.15, 0.2) is 47.0 Å². The Bertz CT molecular complexity index is 1580. The summed E-state index contributed by atoms with van der Waals surface area (Å²) >= 11 is 1.28. The first-order valence-corrected chi connectivity index (χ1v) is 14.7. The Morgan fingerprint density at radius 3 is 2.71 bits per heavy atom. The molecule has 6 rings (SSSR count). The molecule has 12 heteroatoms. The Hall–Kier alpha value is -3.64. The highest BCUT2D eigenvalue weighted by atomic mass is 32.1. The predicted octanol–water partition coefficient (Wildman–Crippen LogP) is 7.48. The molecule has 2 aromatic heterocycles. The fourth-order valence-corrected chi connectivity index (χ4v) is 6.46. The van der Waals surface area contributed by atoms with E-state index in [4.69, 9.17) is 14.0 Å². The first kappa shape index (κ1) is 28.5. The molecule has 222 valence electrons. The van der Waals surface area contributed by atoms with Crippen LogP contribution < -0.4 is 9.64 Å². The molecule has 2 atom stereocenters. The molecule has 0 radical (unpaired) electrons. The van der Waals surface area contributed by atoms with E-state index in [1.807, 2.05) is 12.1 Å². The Kier molecular flexibility index (Phi) is 7.84. The molecule has 1 saturated heterocycles. The van der Waals surface area contributed by atoms with E-state index in [1.54, 1.807) is 12.1 Å². The molecule has 2 aromatic carbocycles. The van der Waals surface area contributed by atoms with E-state index in [0.29, 0.717) is 22.7 Å².